The van der Waals surface area contributed by atoms with Gasteiger partial charge in [0, 0.05) is 64.3 Å². The molecule has 2 heterocycles. The Balaban J connectivity index is 0.000000224. The summed E-state index contributed by atoms with van der Waals surface area (Å²) in [6, 6.07) is 42.8. The van der Waals surface area contributed by atoms with Gasteiger partial charge in [0.15, 0.2) is 23.0 Å². The van der Waals surface area contributed by atoms with E-state index in [1.807, 2.05) is 110 Å². The highest BCUT2D eigenvalue weighted by atomic mass is 32.1. The smallest absolute Gasteiger partial charge is 0.310 e. The molecular formula is C66H62N2O12S2. The minimum Gasteiger partial charge on any atom is -0.504 e. The van der Waals surface area contributed by atoms with Crippen LogP contribution in [0.2, 0.25) is 0 Å². The number of allylic oxidation sites excluding steroid dienone is 7. The number of nitrogens with one attached hydrogen (secondary N) is 2. The Hall–Kier alpha value is -9.90. The second-order valence-electron chi connectivity index (χ2n) is 17.6. The lowest BCUT2D eigenvalue weighted by Crippen LogP contribution is -2.12. The van der Waals surface area contributed by atoms with Crippen LogP contribution in [-0.2, 0) is 31.9 Å². The number of esters is 2. The zero-order valence-corrected chi connectivity index (χ0v) is 47.7. The molecule has 82 heavy (non-hydrogen) atoms. The molecule has 0 bridgehead atoms. The number of hydrogen-bond donors (Lipinski definition) is 5. The Morgan fingerprint density at radius 1 is 0.537 bits per heavy atom. The quantitative estimate of drug-likeness (QED) is 0.0292. The molecule has 2 aromatic heterocycles. The number of ether oxygens (including phenoxy) is 5. The van der Waals surface area contributed by atoms with Gasteiger partial charge in [0.05, 0.1) is 48.4 Å². The monoisotopic (exact) mass is 1140 g/mol. The van der Waals surface area contributed by atoms with Crippen LogP contribution >= 0.6 is 22.7 Å². The molecule has 0 aliphatic heterocycles. The molecule has 8 aromatic rings. The number of amides is 2. The molecule has 0 aliphatic rings. The number of phenolic OH excluding ortho intramolecular Hbond substituents is 3. The molecule has 0 saturated carbocycles. The van der Waals surface area contributed by atoms with Crippen molar-refractivity contribution in [3.05, 3.63) is 228 Å². The minimum absolute atomic E-state index is 0.183. The molecule has 16 heteroatoms. The van der Waals surface area contributed by atoms with Crippen molar-refractivity contribution in [3.8, 4) is 77.6 Å². The largest absolute Gasteiger partial charge is 0.504 e. The van der Waals surface area contributed by atoms with E-state index in [-0.39, 0.29) is 42.2 Å². The van der Waals surface area contributed by atoms with Crippen molar-refractivity contribution in [1.82, 2.24) is 0 Å². The molecule has 8 rings (SSSR count). The Bertz CT molecular complexity index is 3680. The van der Waals surface area contributed by atoms with Gasteiger partial charge < -0.3 is 49.6 Å². The summed E-state index contributed by atoms with van der Waals surface area (Å²) < 4.78 is 26.0. The van der Waals surface area contributed by atoms with E-state index in [0.29, 0.717) is 45.3 Å². The summed E-state index contributed by atoms with van der Waals surface area (Å²) in [6.45, 7) is 13.0. The maximum absolute atomic E-state index is 13.3. The Morgan fingerprint density at radius 2 is 1.04 bits per heavy atom. The van der Waals surface area contributed by atoms with E-state index in [1.54, 1.807) is 82.0 Å². The highest BCUT2D eigenvalue weighted by Crippen LogP contribution is 2.45. The number of hydrogen-bond acceptors (Lipinski definition) is 14. The van der Waals surface area contributed by atoms with Gasteiger partial charge in [-0.3, -0.25) is 19.2 Å². The minimum atomic E-state index is -0.621. The number of phenols is 3. The lowest BCUT2D eigenvalue weighted by atomic mass is 10.0. The standard InChI is InChI=1S/C29H27NO6S.C26H21NO6S.C11H14/c1-33-24-14-13-21(27(35-3)28(24)36-4)18-8-7-9-19(16-18)29(32)30-23-11-6-5-10-22(23)25-15-12-20(37-25)17-26(31)34-2;1-33-23(29)14-17-9-12-22(34-17)19-7-2-3-8-20(19)27-26(32)16-6-4-5-15(13-16)18-10-11-21(28)25(31)24(18)30;1-5-7-9-11(4)10(3)8-6-2/h5-16H,17H2,1-4H3,(H,30,32);2-13,28,30-31H,14H2,1H3,(H,27,32);5-9H,1-2,4H2,3H3/b;;9-7-,10-8+. The maximum Gasteiger partial charge on any atom is 0.310 e. The van der Waals surface area contributed by atoms with E-state index in [4.69, 9.17) is 23.7 Å². The molecule has 0 aliphatic carbocycles. The third-order valence-electron chi connectivity index (χ3n) is 12.3. The zero-order valence-electron chi connectivity index (χ0n) is 46.1. The Kier molecular flexibility index (Phi) is 22.4. The van der Waals surface area contributed by atoms with Crippen LogP contribution in [0.25, 0.3) is 43.1 Å². The molecule has 14 nitrogen and oxygen atoms in total. The topological polar surface area (TPSA) is 199 Å². The summed E-state index contributed by atoms with van der Waals surface area (Å²) in [6.07, 6.45) is 9.58. The highest BCUT2D eigenvalue weighted by Gasteiger charge is 2.20. The summed E-state index contributed by atoms with van der Waals surface area (Å²) in [5.74, 6) is -1.19. The highest BCUT2D eigenvalue weighted by molar-refractivity contribution is 7.16. The summed E-state index contributed by atoms with van der Waals surface area (Å²) >= 11 is 2.94. The fraction of sp³-hybridized carbons (Fsp3) is 0.121. The van der Waals surface area contributed by atoms with E-state index in [2.05, 4.69) is 30.4 Å². The average Bonchev–Trinajstić information content (AvgIpc) is 4.24. The van der Waals surface area contributed by atoms with Crippen LogP contribution in [0.4, 0.5) is 11.4 Å². The number of benzene rings is 6. The number of methoxy groups -OCH3 is 5. The third-order valence-corrected chi connectivity index (χ3v) is 14.5. The van der Waals surface area contributed by atoms with Crippen molar-refractivity contribution < 1.29 is 58.2 Å². The molecule has 0 unspecified atom stereocenters. The van der Waals surface area contributed by atoms with Crippen LogP contribution < -0.4 is 24.8 Å². The van der Waals surface area contributed by atoms with Crippen molar-refractivity contribution in [2.45, 2.75) is 19.8 Å². The van der Waals surface area contributed by atoms with E-state index >= 15 is 0 Å². The molecule has 0 saturated heterocycles. The number of anilines is 2. The van der Waals surface area contributed by atoms with Gasteiger partial charge >= 0.3 is 11.9 Å². The summed E-state index contributed by atoms with van der Waals surface area (Å²) in [7, 11) is 7.41. The number of para-hydroxylation sites is 2. The first-order valence-corrected chi connectivity index (χ1v) is 26.9. The zero-order chi connectivity index (χ0) is 59.3. The predicted molar refractivity (Wildman–Crippen MR) is 328 cm³/mol. The number of aromatic hydroxyl groups is 3. The summed E-state index contributed by atoms with van der Waals surface area (Å²) in [4.78, 5) is 53.2. The van der Waals surface area contributed by atoms with Gasteiger partial charge in [-0.2, -0.15) is 0 Å². The van der Waals surface area contributed by atoms with Gasteiger partial charge in [-0.1, -0.05) is 111 Å². The molecular weight excluding hydrogens is 1080 g/mol. The van der Waals surface area contributed by atoms with Crippen LogP contribution in [0.5, 0.6) is 34.5 Å². The first-order valence-electron chi connectivity index (χ1n) is 25.2. The van der Waals surface area contributed by atoms with Gasteiger partial charge in [0.25, 0.3) is 11.8 Å². The molecule has 2 amide bonds. The fourth-order valence-corrected chi connectivity index (χ4v) is 10.1. The fourth-order valence-electron chi connectivity index (χ4n) is 8.05. The van der Waals surface area contributed by atoms with Crippen molar-refractivity contribution in [3.63, 3.8) is 0 Å². The van der Waals surface area contributed by atoms with Crippen molar-refractivity contribution in [2.24, 2.45) is 0 Å². The molecule has 5 N–H and O–H groups in total. The number of thiophene rings is 2. The molecule has 6 aromatic carbocycles. The van der Waals surface area contributed by atoms with Crippen molar-refractivity contribution in [1.29, 1.82) is 0 Å². The third kappa shape index (κ3) is 15.9. The van der Waals surface area contributed by atoms with Crippen LogP contribution in [-0.4, -0.2) is 74.6 Å². The lowest BCUT2D eigenvalue weighted by Gasteiger charge is -2.16. The molecule has 0 spiro atoms. The SMILES string of the molecule is C=C/C=C\C(=C)/C(C)=C/C=C.COC(=O)Cc1ccc(-c2ccccc2NC(=O)c2cccc(-c3ccc(O)c(O)c3O)c2)s1.COC(=O)Cc1ccc(-c2ccccc2NC(=O)c2cccc(-c3ccc(OC)c(OC)c3OC)c2)s1. The Morgan fingerprint density at radius 3 is 1.51 bits per heavy atom. The van der Waals surface area contributed by atoms with E-state index in [0.717, 1.165) is 52.9 Å². The number of carbonyl (C=O) groups is 4. The van der Waals surface area contributed by atoms with Gasteiger partial charge in [0.2, 0.25) is 11.5 Å². The second-order valence-corrected chi connectivity index (χ2v) is 20.0. The van der Waals surface area contributed by atoms with E-state index in [1.165, 1.54) is 49.0 Å². The first-order chi connectivity index (χ1) is 39.6. The Labute approximate surface area is 484 Å². The van der Waals surface area contributed by atoms with Gasteiger partial charge in [-0.25, -0.2) is 0 Å². The van der Waals surface area contributed by atoms with Gasteiger partial charge in [-0.15, -0.1) is 22.7 Å². The van der Waals surface area contributed by atoms with Crippen LogP contribution in [0.15, 0.2) is 207 Å². The summed E-state index contributed by atoms with van der Waals surface area (Å²) in [5, 5.41) is 35.5. The van der Waals surface area contributed by atoms with Crippen LogP contribution in [0.1, 0.15) is 37.4 Å². The lowest BCUT2D eigenvalue weighted by molar-refractivity contribution is -0.140. The van der Waals surface area contributed by atoms with E-state index in [9.17, 15) is 34.5 Å². The predicted octanol–water partition coefficient (Wildman–Crippen LogP) is 14.7. The molecule has 0 atom stereocenters. The van der Waals surface area contributed by atoms with Crippen LogP contribution in [0.3, 0.4) is 0 Å². The number of rotatable bonds is 19. The summed E-state index contributed by atoms with van der Waals surface area (Å²) in [5.41, 5.74) is 8.26. The van der Waals surface area contributed by atoms with Crippen molar-refractivity contribution >= 4 is 57.8 Å². The maximum atomic E-state index is 13.3. The van der Waals surface area contributed by atoms with E-state index < -0.39 is 17.2 Å². The molecule has 420 valence electrons. The number of carbonyl (C=O) groups excluding carboxylic acids is 4. The normalized spacial score (nSPS) is 10.7. The first kappa shape index (κ1) is 61.3. The average molecular weight is 1140 g/mol. The molecule has 0 radical (unpaired) electrons. The van der Waals surface area contributed by atoms with Crippen molar-refractivity contribution in [2.75, 3.05) is 46.2 Å². The van der Waals surface area contributed by atoms with Gasteiger partial charge in [0.1, 0.15) is 0 Å². The molecule has 0 fully saturated rings. The van der Waals surface area contributed by atoms with Crippen LogP contribution in [0, 0.1) is 0 Å². The second kappa shape index (κ2) is 29.9. The van der Waals surface area contributed by atoms with Gasteiger partial charge in [-0.05, 0) is 114 Å².